The van der Waals surface area contributed by atoms with E-state index >= 15 is 0 Å². The van der Waals surface area contributed by atoms with Crippen molar-refractivity contribution in [3.05, 3.63) is 45.7 Å². The number of fused-ring (bicyclic) bond motifs is 3. The van der Waals surface area contributed by atoms with E-state index in [9.17, 15) is 4.79 Å². The molecule has 0 atom stereocenters. The molecule has 0 fully saturated rings. The quantitative estimate of drug-likeness (QED) is 0.867. The summed E-state index contributed by atoms with van der Waals surface area (Å²) in [4.78, 5) is 12.3. The Bertz CT molecular complexity index is 795. The van der Waals surface area contributed by atoms with Gasteiger partial charge in [-0.25, -0.2) is 0 Å². The number of benzene rings is 1. The molecule has 4 nitrogen and oxygen atoms in total. The Hall–Kier alpha value is -1.49. The Morgan fingerprint density at radius 3 is 2.83 bits per heavy atom. The number of halogens is 2. The molecular formula is C18H21Cl2N3O. The highest BCUT2D eigenvalue weighted by Gasteiger charge is 2.23. The van der Waals surface area contributed by atoms with Crippen LogP contribution < -0.4 is 10.6 Å². The summed E-state index contributed by atoms with van der Waals surface area (Å²) >= 11 is 12.9. The zero-order chi connectivity index (χ0) is 17.1. The number of amides is 1. The molecule has 1 aliphatic heterocycles. The second kappa shape index (κ2) is 7.60. The Morgan fingerprint density at radius 2 is 2.04 bits per heavy atom. The summed E-state index contributed by atoms with van der Waals surface area (Å²) in [5, 5.41) is 8.52. The van der Waals surface area contributed by atoms with Crippen LogP contribution in [-0.4, -0.2) is 23.6 Å². The number of hydrogen-bond acceptors (Lipinski definition) is 2. The van der Waals surface area contributed by atoms with Crippen LogP contribution in [0.4, 0.5) is 0 Å². The third-order valence-electron chi connectivity index (χ3n) is 4.31. The monoisotopic (exact) mass is 365 g/mol. The van der Waals surface area contributed by atoms with Gasteiger partial charge in [-0.2, -0.15) is 0 Å². The average molecular weight is 366 g/mol. The minimum atomic E-state index is -0.0624. The van der Waals surface area contributed by atoms with E-state index in [2.05, 4.69) is 10.6 Å². The first-order chi connectivity index (χ1) is 11.6. The smallest absolute Gasteiger partial charge is 0.243 e. The van der Waals surface area contributed by atoms with E-state index < -0.39 is 0 Å². The first-order valence-electron chi connectivity index (χ1n) is 8.26. The second-order valence-electron chi connectivity index (χ2n) is 5.89. The van der Waals surface area contributed by atoms with Gasteiger partial charge in [-0.1, -0.05) is 36.2 Å². The van der Waals surface area contributed by atoms with Crippen molar-refractivity contribution in [1.82, 2.24) is 15.2 Å². The summed E-state index contributed by atoms with van der Waals surface area (Å²) in [7, 11) is 0. The molecule has 1 amide bonds. The lowest BCUT2D eigenvalue weighted by atomic mass is 10.1. The van der Waals surface area contributed by atoms with E-state index in [1.54, 1.807) is 12.3 Å². The zero-order valence-electron chi connectivity index (χ0n) is 13.7. The van der Waals surface area contributed by atoms with Crippen LogP contribution in [0, 0.1) is 0 Å². The van der Waals surface area contributed by atoms with E-state index in [-0.39, 0.29) is 12.5 Å². The summed E-state index contributed by atoms with van der Waals surface area (Å²) in [6, 6.07) is 3.63. The van der Waals surface area contributed by atoms with Gasteiger partial charge in [0.2, 0.25) is 5.91 Å². The van der Waals surface area contributed by atoms with Gasteiger partial charge < -0.3 is 15.2 Å². The van der Waals surface area contributed by atoms with Crippen LogP contribution in [0.5, 0.6) is 0 Å². The number of nitrogens with zero attached hydrogens (tertiary/aromatic N) is 1. The number of carbonyl (C=O) groups is 1. The molecule has 0 saturated heterocycles. The predicted molar refractivity (Wildman–Crippen MR) is 99.8 cm³/mol. The topological polar surface area (TPSA) is 46.1 Å². The summed E-state index contributed by atoms with van der Waals surface area (Å²) < 4.78 is 2.03. The molecule has 6 heteroatoms. The van der Waals surface area contributed by atoms with Gasteiger partial charge in [0.15, 0.2) is 0 Å². The van der Waals surface area contributed by atoms with Crippen molar-refractivity contribution in [1.29, 1.82) is 0 Å². The van der Waals surface area contributed by atoms with Crippen molar-refractivity contribution in [2.24, 2.45) is 0 Å². The third-order valence-corrected chi connectivity index (χ3v) is 4.93. The summed E-state index contributed by atoms with van der Waals surface area (Å²) in [6.07, 6.45) is 6.24. The molecule has 24 heavy (non-hydrogen) atoms. The normalized spacial score (nSPS) is 14.8. The first kappa shape index (κ1) is 17.3. The highest BCUT2D eigenvalue weighted by Crippen LogP contribution is 2.37. The summed E-state index contributed by atoms with van der Waals surface area (Å²) in [6.45, 7) is 4.05. The Balaban J connectivity index is 2.08. The molecule has 0 aliphatic carbocycles. The summed E-state index contributed by atoms with van der Waals surface area (Å²) in [5.74, 6) is -0.0624. The van der Waals surface area contributed by atoms with Crippen LogP contribution in [0.1, 0.15) is 24.6 Å². The molecule has 0 radical (unpaired) electrons. The molecule has 0 saturated carbocycles. The van der Waals surface area contributed by atoms with Gasteiger partial charge in [0.25, 0.3) is 0 Å². The number of nitrogens with one attached hydrogen (secondary N) is 2. The molecular weight excluding hydrogens is 345 g/mol. The van der Waals surface area contributed by atoms with E-state index in [0.717, 1.165) is 48.9 Å². The number of allylic oxidation sites excluding steroid dienone is 1. The second-order valence-corrected chi connectivity index (χ2v) is 6.71. The lowest BCUT2D eigenvalue weighted by Crippen LogP contribution is -2.24. The maximum absolute atomic E-state index is 12.3. The number of rotatable bonds is 4. The van der Waals surface area contributed by atoms with Crippen LogP contribution in [0.15, 0.2) is 24.4 Å². The van der Waals surface area contributed by atoms with Gasteiger partial charge in [-0.05, 0) is 43.3 Å². The molecule has 2 N–H and O–H groups in total. The molecule has 1 aromatic heterocycles. The highest BCUT2D eigenvalue weighted by atomic mass is 35.5. The minimum absolute atomic E-state index is 0.0624. The number of hydrogen-bond donors (Lipinski definition) is 2. The highest BCUT2D eigenvalue weighted by molar-refractivity contribution is 6.40. The van der Waals surface area contributed by atoms with E-state index in [4.69, 9.17) is 23.2 Å². The molecule has 3 rings (SSSR count). The fraction of sp³-hybridized carbons (Fsp3) is 0.389. The maximum Gasteiger partial charge on any atom is 0.243 e. The fourth-order valence-electron chi connectivity index (χ4n) is 3.27. The Morgan fingerprint density at radius 1 is 1.29 bits per heavy atom. The molecule has 2 heterocycles. The zero-order valence-corrected chi connectivity index (χ0v) is 15.2. The van der Waals surface area contributed by atoms with Gasteiger partial charge in [0.1, 0.15) is 6.54 Å². The first-order valence-corrected chi connectivity index (χ1v) is 9.02. The van der Waals surface area contributed by atoms with Gasteiger partial charge in [0.05, 0.1) is 15.6 Å². The van der Waals surface area contributed by atoms with E-state index in [0.29, 0.717) is 10.0 Å². The molecule has 1 aliphatic rings. The largest absolute Gasteiger partial charge is 0.334 e. The third kappa shape index (κ3) is 3.32. The minimum Gasteiger partial charge on any atom is -0.334 e. The number of carbonyl (C=O) groups excluding carboxylic acids is 1. The molecule has 0 unspecified atom stereocenters. The van der Waals surface area contributed by atoms with Crippen LogP contribution in [0.2, 0.25) is 10.0 Å². The summed E-state index contributed by atoms with van der Waals surface area (Å²) in [5.41, 5.74) is 3.23. The van der Waals surface area contributed by atoms with Crippen LogP contribution in [0.25, 0.3) is 10.9 Å². The number of aromatic nitrogens is 1. The Labute approximate surface area is 151 Å². The van der Waals surface area contributed by atoms with Crippen molar-refractivity contribution >= 4 is 40.0 Å². The lowest BCUT2D eigenvalue weighted by Gasteiger charge is -2.11. The molecule has 1 aromatic carbocycles. The van der Waals surface area contributed by atoms with Crippen LogP contribution in [-0.2, 0) is 24.2 Å². The molecule has 0 spiro atoms. The SMILES string of the molecule is CC/C=C/NC(=O)Cn1c2c(c3c(Cl)ccc(Cl)c31)CCNCC2. The van der Waals surface area contributed by atoms with Gasteiger partial charge in [0, 0.05) is 24.0 Å². The average Bonchev–Trinajstić information content (AvgIpc) is 2.72. The predicted octanol–water partition coefficient (Wildman–Crippen LogP) is 3.68. The molecule has 0 bridgehead atoms. The van der Waals surface area contributed by atoms with Gasteiger partial charge >= 0.3 is 0 Å². The standard InChI is InChI=1S/C18H21Cl2N3O/c1-2-3-8-22-16(24)11-23-15-7-10-21-9-6-12(15)17-13(19)4-5-14(20)18(17)23/h3-5,8,21H,2,6-7,9-11H2,1H3,(H,22,24)/b8-3+. The van der Waals surface area contributed by atoms with E-state index in [1.807, 2.05) is 23.6 Å². The van der Waals surface area contributed by atoms with Gasteiger partial charge in [-0.15, -0.1) is 0 Å². The van der Waals surface area contributed by atoms with Crippen molar-refractivity contribution < 1.29 is 4.79 Å². The van der Waals surface area contributed by atoms with Crippen molar-refractivity contribution in [3.63, 3.8) is 0 Å². The van der Waals surface area contributed by atoms with Crippen LogP contribution >= 0.6 is 23.2 Å². The van der Waals surface area contributed by atoms with E-state index in [1.165, 1.54) is 5.56 Å². The lowest BCUT2D eigenvalue weighted by molar-refractivity contribution is -0.120. The molecule has 2 aromatic rings. The fourth-order valence-corrected chi connectivity index (χ4v) is 3.79. The van der Waals surface area contributed by atoms with Gasteiger partial charge in [-0.3, -0.25) is 4.79 Å². The molecule has 128 valence electrons. The van der Waals surface area contributed by atoms with Crippen molar-refractivity contribution in [2.45, 2.75) is 32.7 Å². The van der Waals surface area contributed by atoms with Crippen LogP contribution in [0.3, 0.4) is 0 Å². The Kier molecular flexibility index (Phi) is 5.49. The van der Waals surface area contributed by atoms with Crippen molar-refractivity contribution in [2.75, 3.05) is 13.1 Å². The van der Waals surface area contributed by atoms with Crippen molar-refractivity contribution in [3.8, 4) is 0 Å². The maximum atomic E-state index is 12.3.